The molecule has 2 aromatic carbocycles. The zero-order valence-corrected chi connectivity index (χ0v) is 15.2. The molecule has 2 rings (SSSR count). The number of rotatable bonds is 6. The van der Waals surface area contributed by atoms with Gasteiger partial charge < -0.3 is 10.1 Å². The molecule has 0 saturated carbocycles. The molecule has 0 aliphatic heterocycles. The Morgan fingerprint density at radius 3 is 2.30 bits per heavy atom. The first-order valence-electron chi connectivity index (χ1n) is 7.67. The van der Waals surface area contributed by atoms with Gasteiger partial charge in [-0.1, -0.05) is 6.07 Å². The van der Waals surface area contributed by atoms with Crippen molar-refractivity contribution in [2.24, 2.45) is 0 Å². The maximum atomic E-state index is 12.4. The Bertz CT molecular complexity index is 926. The van der Waals surface area contributed by atoms with Gasteiger partial charge in [-0.15, -0.1) is 0 Å². The van der Waals surface area contributed by atoms with Gasteiger partial charge in [-0.3, -0.25) is 4.79 Å². The number of carbonyl (C=O) groups excluding carboxylic acids is 1. The molecule has 146 valence electrons. The van der Waals surface area contributed by atoms with Crippen molar-refractivity contribution in [3.63, 3.8) is 0 Å². The Balaban J connectivity index is 2.14. The summed E-state index contributed by atoms with van der Waals surface area (Å²) in [6.07, 6.45) is -4.44. The molecule has 0 atom stereocenters. The molecule has 0 aliphatic carbocycles. The lowest BCUT2D eigenvalue weighted by atomic mass is 10.1. The van der Waals surface area contributed by atoms with Gasteiger partial charge in [0.1, 0.15) is 5.75 Å². The van der Waals surface area contributed by atoms with Crippen LogP contribution in [0.5, 0.6) is 5.75 Å². The van der Waals surface area contributed by atoms with E-state index in [0.717, 1.165) is 0 Å². The predicted octanol–water partition coefficient (Wildman–Crippen LogP) is 3.10. The van der Waals surface area contributed by atoms with Crippen LogP contribution >= 0.6 is 0 Å². The van der Waals surface area contributed by atoms with E-state index in [9.17, 15) is 26.4 Å². The summed E-state index contributed by atoms with van der Waals surface area (Å²) >= 11 is 0. The molecule has 0 radical (unpaired) electrons. The second kappa shape index (κ2) is 7.97. The number of carbonyl (C=O) groups is 1. The molecule has 10 heteroatoms. The first kappa shape index (κ1) is 20.7. The maximum absolute atomic E-state index is 12.4. The summed E-state index contributed by atoms with van der Waals surface area (Å²) < 4.78 is 66.9. The molecule has 6 nitrogen and oxygen atoms in total. The van der Waals surface area contributed by atoms with E-state index in [1.54, 1.807) is 6.92 Å². The number of anilines is 1. The van der Waals surface area contributed by atoms with E-state index in [2.05, 4.69) is 14.8 Å². The molecule has 1 amide bonds. The molecule has 2 N–H and O–H groups in total. The van der Waals surface area contributed by atoms with Crippen molar-refractivity contribution in [3.8, 4) is 5.75 Å². The number of hydrogen-bond acceptors (Lipinski definition) is 4. The molecule has 0 aromatic heterocycles. The largest absolute Gasteiger partial charge is 0.484 e. The third-order valence-electron chi connectivity index (χ3n) is 3.55. The van der Waals surface area contributed by atoms with Crippen molar-refractivity contribution in [3.05, 3.63) is 53.6 Å². The SMILES string of the molecule is CNS(=O)(=O)c1ccc(C)c(C(=O)Nc2ccc(OCC(F)(F)F)cc2)c1. The van der Waals surface area contributed by atoms with Gasteiger partial charge in [0.2, 0.25) is 10.0 Å². The Morgan fingerprint density at radius 2 is 1.74 bits per heavy atom. The lowest BCUT2D eigenvalue weighted by Crippen LogP contribution is -2.20. The van der Waals surface area contributed by atoms with Gasteiger partial charge in [0.15, 0.2) is 6.61 Å². The lowest BCUT2D eigenvalue weighted by Gasteiger charge is -2.11. The predicted molar refractivity (Wildman–Crippen MR) is 93.4 cm³/mol. The van der Waals surface area contributed by atoms with Crippen molar-refractivity contribution < 1.29 is 31.1 Å². The Kier molecular flexibility index (Phi) is 6.11. The number of alkyl halides is 3. The van der Waals surface area contributed by atoms with Crippen LogP contribution in [0.25, 0.3) is 0 Å². The van der Waals surface area contributed by atoms with Gasteiger partial charge in [0.25, 0.3) is 5.91 Å². The van der Waals surface area contributed by atoms with Crippen LogP contribution in [0.1, 0.15) is 15.9 Å². The summed E-state index contributed by atoms with van der Waals surface area (Å²) in [5.41, 5.74) is 1.04. The van der Waals surface area contributed by atoms with Crippen molar-refractivity contribution in [2.45, 2.75) is 18.0 Å². The van der Waals surface area contributed by atoms with E-state index < -0.39 is 28.7 Å². The van der Waals surface area contributed by atoms with E-state index >= 15 is 0 Å². The van der Waals surface area contributed by atoms with Crippen LogP contribution in [0.3, 0.4) is 0 Å². The molecule has 0 unspecified atom stereocenters. The van der Waals surface area contributed by atoms with Gasteiger partial charge in [-0.2, -0.15) is 13.2 Å². The minimum absolute atomic E-state index is 0.00335. The van der Waals surface area contributed by atoms with Crippen LogP contribution in [0.15, 0.2) is 47.4 Å². The number of benzene rings is 2. The van der Waals surface area contributed by atoms with Crippen LogP contribution in [0, 0.1) is 6.92 Å². The number of ether oxygens (including phenoxy) is 1. The van der Waals surface area contributed by atoms with E-state index in [1.807, 2.05) is 0 Å². The summed E-state index contributed by atoms with van der Waals surface area (Å²) in [5.74, 6) is -0.548. The standard InChI is InChI=1S/C17H17F3N2O4S/c1-11-3-8-14(27(24,25)21-2)9-15(11)16(23)22-12-4-6-13(7-5-12)26-10-17(18,19)20/h3-9,21H,10H2,1-2H3,(H,22,23). The molecule has 0 heterocycles. The van der Waals surface area contributed by atoms with Crippen LogP contribution in [0.2, 0.25) is 0 Å². The lowest BCUT2D eigenvalue weighted by molar-refractivity contribution is -0.153. The normalized spacial score (nSPS) is 11.9. The van der Waals surface area contributed by atoms with Crippen molar-refractivity contribution in [1.82, 2.24) is 4.72 Å². The summed E-state index contributed by atoms with van der Waals surface area (Å²) in [4.78, 5) is 12.4. The molecule has 27 heavy (non-hydrogen) atoms. The summed E-state index contributed by atoms with van der Waals surface area (Å²) in [5, 5.41) is 2.56. The van der Waals surface area contributed by atoms with Gasteiger partial charge >= 0.3 is 6.18 Å². The monoisotopic (exact) mass is 402 g/mol. The van der Waals surface area contributed by atoms with E-state index in [1.165, 1.54) is 49.5 Å². The van der Waals surface area contributed by atoms with Crippen molar-refractivity contribution >= 4 is 21.6 Å². The molecule has 0 aliphatic rings. The third-order valence-corrected chi connectivity index (χ3v) is 4.96. The molecule has 0 bridgehead atoms. The number of amides is 1. The highest BCUT2D eigenvalue weighted by Crippen LogP contribution is 2.21. The zero-order valence-electron chi connectivity index (χ0n) is 14.4. The van der Waals surface area contributed by atoms with Gasteiger partial charge in [-0.25, -0.2) is 13.1 Å². The highest BCUT2D eigenvalue weighted by Gasteiger charge is 2.28. The van der Waals surface area contributed by atoms with E-state index in [4.69, 9.17) is 0 Å². The molecule has 2 aromatic rings. The Hall–Kier alpha value is -2.59. The fraction of sp³-hybridized carbons (Fsp3) is 0.235. The molecule has 0 saturated heterocycles. The molecule has 0 spiro atoms. The van der Waals surface area contributed by atoms with E-state index in [0.29, 0.717) is 11.3 Å². The highest BCUT2D eigenvalue weighted by atomic mass is 32.2. The van der Waals surface area contributed by atoms with Crippen molar-refractivity contribution in [1.29, 1.82) is 0 Å². The smallest absolute Gasteiger partial charge is 0.422 e. The van der Waals surface area contributed by atoms with E-state index in [-0.39, 0.29) is 16.2 Å². The minimum Gasteiger partial charge on any atom is -0.484 e. The number of nitrogens with one attached hydrogen (secondary N) is 2. The first-order valence-corrected chi connectivity index (χ1v) is 9.15. The summed E-state index contributed by atoms with van der Waals surface area (Å²) in [6, 6.07) is 9.47. The average Bonchev–Trinajstić information content (AvgIpc) is 2.60. The summed E-state index contributed by atoms with van der Waals surface area (Å²) in [6.45, 7) is 0.239. The Morgan fingerprint density at radius 1 is 1.11 bits per heavy atom. The van der Waals surface area contributed by atoms with Gasteiger partial charge in [0, 0.05) is 11.3 Å². The number of hydrogen-bond donors (Lipinski definition) is 2. The molecular formula is C17H17F3N2O4S. The van der Waals surface area contributed by atoms with Gasteiger partial charge in [-0.05, 0) is 55.9 Å². The highest BCUT2D eigenvalue weighted by molar-refractivity contribution is 7.89. The van der Waals surface area contributed by atoms with Crippen LogP contribution in [0.4, 0.5) is 18.9 Å². The zero-order chi connectivity index (χ0) is 20.2. The number of halogens is 3. The second-order valence-electron chi connectivity index (χ2n) is 5.57. The first-order chi connectivity index (χ1) is 12.5. The maximum Gasteiger partial charge on any atom is 0.422 e. The number of sulfonamides is 1. The van der Waals surface area contributed by atoms with Gasteiger partial charge in [0.05, 0.1) is 4.90 Å². The van der Waals surface area contributed by atoms with Crippen LogP contribution in [-0.4, -0.2) is 34.2 Å². The summed E-state index contributed by atoms with van der Waals surface area (Å²) in [7, 11) is -2.45. The quantitative estimate of drug-likeness (QED) is 0.778. The van der Waals surface area contributed by atoms with Crippen LogP contribution < -0.4 is 14.8 Å². The van der Waals surface area contributed by atoms with Crippen molar-refractivity contribution in [2.75, 3.05) is 19.0 Å². The topological polar surface area (TPSA) is 84.5 Å². The molecule has 0 fully saturated rings. The second-order valence-corrected chi connectivity index (χ2v) is 7.45. The van der Waals surface area contributed by atoms with Crippen LogP contribution in [-0.2, 0) is 10.0 Å². The Labute approximate surface area is 154 Å². The third kappa shape index (κ3) is 5.69. The number of aryl methyl sites for hydroxylation is 1. The average molecular weight is 402 g/mol. The molecular weight excluding hydrogens is 385 g/mol. The fourth-order valence-electron chi connectivity index (χ4n) is 2.13. The minimum atomic E-state index is -4.44. The fourth-order valence-corrected chi connectivity index (χ4v) is 2.88.